The number of nitrogens with zero attached hydrogens (tertiary/aromatic N) is 3. The highest BCUT2D eigenvalue weighted by atomic mass is 32.2. The zero-order chi connectivity index (χ0) is 25.3. The van der Waals surface area contributed by atoms with Gasteiger partial charge in [0.1, 0.15) is 6.61 Å². The van der Waals surface area contributed by atoms with Crippen molar-refractivity contribution in [2.75, 3.05) is 39.0 Å². The maximum atomic E-state index is 13.3. The molecule has 0 saturated carbocycles. The van der Waals surface area contributed by atoms with E-state index in [9.17, 15) is 18.0 Å². The highest BCUT2D eigenvalue weighted by Gasteiger charge is 2.38. The van der Waals surface area contributed by atoms with Crippen LogP contribution in [0, 0.1) is 5.92 Å². The molecule has 5 rings (SSSR count). The van der Waals surface area contributed by atoms with Gasteiger partial charge in [0.05, 0.1) is 17.0 Å². The Labute approximate surface area is 211 Å². The molecule has 1 aromatic heterocycles. The van der Waals surface area contributed by atoms with Crippen LogP contribution in [0.2, 0.25) is 0 Å². The second kappa shape index (κ2) is 10.2. The van der Waals surface area contributed by atoms with Gasteiger partial charge in [0.15, 0.2) is 9.84 Å². The number of piperidine rings is 2. The van der Waals surface area contributed by atoms with Gasteiger partial charge >= 0.3 is 6.03 Å². The molecular weight excluding hydrogens is 480 g/mol. The Morgan fingerprint density at radius 2 is 1.78 bits per heavy atom. The summed E-state index contributed by atoms with van der Waals surface area (Å²) in [5.74, 6) is 0.133. The van der Waals surface area contributed by atoms with Crippen molar-refractivity contribution in [2.45, 2.75) is 42.2 Å². The number of rotatable bonds is 4. The first-order valence-corrected chi connectivity index (χ1v) is 14.3. The van der Waals surface area contributed by atoms with Crippen LogP contribution in [-0.4, -0.2) is 86.3 Å². The second-order valence-electron chi connectivity index (χ2n) is 9.97. The number of pyridine rings is 1. The van der Waals surface area contributed by atoms with Gasteiger partial charge in [-0.15, -0.1) is 0 Å². The SMILES string of the molecule is CS(=O)(=O)c1cccc(C(c2ccncc2)C2CCN(C(=O)N3CC[C@@H]4OCC(=O)N[C@@H]4C3)CC2)c1. The Balaban J connectivity index is 1.29. The van der Waals surface area contributed by atoms with Crippen molar-refractivity contribution in [1.82, 2.24) is 20.1 Å². The molecule has 3 aliphatic rings. The van der Waals surface area contributed by atoms with E-state index in [1.165, 1.54) is 6.26 Å². The molecule has 0 aliphatic carbocycles. The molecule has 0 radical (unpaired) electrons. The number of aromatic nitrogens is 1. The number of hydrogen-bond acceptors (Lipinski definition) is 6. The van der Waals surface area contributed by atoms with Gasteiger partial charge in [-0.25, -0.2) is 13.2 Å². The fourth-order valence-electron chi connectivity index (χ4n) is 5.74. The minimum absolute atomic E-state index is 0.00579. The Hall–Kier alpha value is -2.98. The summed E-state index contributed by atoms with van der Waals surface area (Å²) in [4.78, 5) is 33.2. The zero-order valence-corrected chi connectivity index (χ0v) is 21.2. The number of fused-ring (bicyclic) bond motifs is 1. The number of sulfone groups is 1. The summed E-state index contributed by atoms with van der Waals surface area (Å²) in [6, 6.07) is 11.0. The van der Waals surface area contributed by atoms with Gasteiger partial charge in [-0.1, -0.05) is 12.1 Å². The van der Waals surface area contributed by atoms with E-state index in [-0.39, 0.29) is 42.5 Å². The van der Waals surface area contributed by atoms with E-state index in [1.807, 2.05) is 28.0 Å². The average Bonchev–Trinajstić information content (AvgIpc) is 2.89. The van der Waals surface area contributed by atoms with E-state index in [0.717, 1.165) is 24.0 Å². The van der Waals surface area contributed by atoms with Crippen molar-refractivity contribution in [3.63, 3.8) is 0 Å². The standard InChI is InChI=1S/C26H32N4O5S/c1-36(33,34)21-4-2-3-20(15-21)25(18-5-10-27-11-6-18)19-7-12-29(13-8-19)26(32)30-14-9-23-22(16-30)28-24(31)17-35-23/h2-6,10-11,15,19,22-23,25H,7-9,12-14,16-17H2,1H3,(H,28,31)/t22-,23+,25?/m1/s1. The second-order valence-corrected chi connectivity index (χ2v) is 12.0. The quantitative estimate of drug-likeness (QED) is 0.672. The van der Waals surface area contributed by atoms with Crippen LogP contribution >= 0.6 is 0 Å². The fourth-order valence-corrected chi connectivity index (χ4v) is 6.42. The molecule has 1 N–H and O–H groups in total. The molecule has 36 heavy (non-hydrogen) atoms. The topological polar surface area (TPSA) is 109 Å². The van der Waals surface area contributed by atoms with E-state index in [0.29, 0.717) is 37.5 Å². The molecule has 3 atom stereocenters. The smallest absolute Gasteiger partial charge is 0.320 e. The predicted molar refractivity (Wildman–Crippen MR) is 133 cm³/mol. The lowest BCUT2D eigenvalue weighted by atomic mass is 9.76. The number of hydrogen-bond donors (Lipinski definition) is 1. The number of nitrogens with one attached hydrogen (secondary N) is 1. The van der Waals surface area contributed by atoms with E-state index >= 15 is 0 Å². The molecule has 4 heterocycles. The van der Waals surface area contributed by atoms with Crippen LogP contribution in [0.25, 0.3) is 0 Å². The lowest BCUT2D eigenvalue weighted by Gasteiger charge is -2.44. The number of urea groups is 1. The van der Waals surface area contributed by atoms with Gasteiger partial charge in [-0.2, -0.15) is 0 Å². The molecule has 0 spiro atoms. The number of carbonyl (C=O) groups excluding carboxylic acids is 2. The lowest BCUT2D eigenvalue weighted by molar-refractivity contribution is -0.139. The van der Waals surface area contributed by atoms with Crippen molar-refractivity contribution in [3.8, 4) is 0 Å². The molecule has 9 nitrogen and oxygen atoms in total. The number of benzene rings is 1. The fraction of sp³-hybridized carbons (Fsp3) is 0.500. The molecular formula is C26H32N4O5S. The molecule has 1 aromatic carbocycles. The van der Waals surface area contributed by atoms with Crippen LogP contribution in [0.3, 0.4) is 0 Å². The average molecular weight is 513 g/mol. The van der Waals surface area contributed by atoms with Gasteiger partial charge in [0.25, 0.3) is 0 Å². The monoisotopic (exact) mass is 512 g/mol. The number of ether oxygens (including phenoxy) is 1. The molecule has 3 fully saturated rings. The first-order valence-electron chi connectivity index (χ1n) is 12.4. The summed E-state index contributed by atoms with van der Waals surface area (Å²) in [6.45, 7) is 2.43. The molecule has 3 saturated heterocycles. The van der Waals surface area contributed by atoms with Crippen molar-refractivity contribution in [2.24, 2.45) is 5.92 Å². The van der Waals surface area contributed by atoms with Crippen molar-refractivity contribution < 1.29 is 22.7 Å². The lowest BCUT2D eigenvalue weighted by Crippen LogP contribution is -2.62. The third-order valence-corrected chi connectivity index (χ3v) is 8.70. The van der Waals surface area contributed by atoms with Crippen LogP contribution in [-0.2, 0) is 19.4 Å². The van der Waals surface area contributed by atoms with Crippen molar-refractivity contribution in [3.05, 3.63) is 59.9 Å². The maximum absolute atomic E-state index is 13.3. The first-order chi connectivity index (χ1) is 17.3. The summed E-state index contributed by atoms with van der Waals surface area (Å²) >= 11 is 0. The summed E-state index contributed by atoms with van der Waals surface area (Å²) in [5.41, 5.74) is 2.06. The molecule has 3 aliphatic heterocycles. The van der Waals surface area contributed by atoms with E-state index < -0.39 is 9.84 Å². The summed E-state index contributed by atoms with van der Waals surface area (Å²) in [5, 5.41) is 2.96. The highest BCUT2D eigenvalue weighted by molar-refractivity contribution is 7.90. The molecule has 192 valence electrons. The number of morpholine rings is 1. The van der Waals surface area contributed by atoms with Crippen LogP contribution in [0.5, 0.6) is 0 Å². The Kier molecular flexibility index (Phi) is 6.98. The minimum atomic E-state index is -3.32. The predicted octanol–water partition coefficient (Wildman–Crippen LogP) is 2.04. The van der Waals surface area contributed by atoms with Crippen molar-refractivity contribution in [1.29, 1.82) is 0 Å². The van der Waals surface area contributed by atoms with Crippen LogP contribution in [0.4, 0.5) is 4.79 Å². The Morgan fingerprint density at radius 1 is 1.06 bits per heavy atom. The van der Waals surface area contributed by atoms with Gasteiger partial charge in [-0.3, -0.25) is 9.78 Å². The van der Waals surface area contributed by atoms with Gasteiger partial charge in [0, 0.05) is 50.7 Å². The first kappa shape index (κ1) is 24.7. The van der Waals surface area contributed by atoms with Crippen LogP contribution in [0.1, 0.15) is 36.3 Å². The summed E-state index contributed by atoms with van der Waals surface area (Å²) in [7, 11) is -3.32. The molecule has 3 amide bonds. The van der Waals surface area contributed by atoms with E-state index in [4.69, 9.17) is 4.74 Å². The highest BCUT2D eigenvalue weighted by Crippen LogP contribution is 2.38. The van der Waals surface area contributed by atoms with Gasteiger partial charge < -0.3 is 19.9 Å². The molecule has 1 unspecified atom stereocenters. The van der Waals surface area contributed by atoms with Crippen LogP contribution < -0.4 is 5.32 Å². The Morgan fingerprint density at radius 3 is 2.50 bits per heavy atom. The van der Waals surface area contributed by atoms with Gasteiger partial charge in [0.2, 0.25) is 5.91 Å². The normalized spacial score (nSPS) is 24.1. The third-order valence-electron chi connectivity index (χ3n) is 7.59. The Bertz CT molecular complexity index is 1210. The number of amides is 3. The molecule has 0 bridgehead atoms. The zero-order valence-electron chi connectivity index (χ0n) is 20.4. The third kappa shape index (κ3) is 5.24. The van der Waals surface area contributed by atoms with Crippen molar-refractivity contribution >= 4 is 21.8 Å². The largest absolute Gasteiger partial charge is 0.366 e. The minimum Gasteiger partial charge on any atom is -0.366 e. The maximum Gasteiger partial charge on any atom is 0.320 e. The number of likely N-dealkylation sites (tertiary alicyclic amines) is 2. The number of carbonyl (C=O) groups is 2. The molecule has 10 heteroatoms. The van der Waals surface area contributed by atoms with Gasteiger partial charge in [-0.05, 0) is 60.6 Å². The van der Waals surface area contributed by atoms with E-state index in [2.05, 4.69) is 10.3 Å². The summed E-state index contributed by atoms with van der Waals surface area (Å²) < 4.78 is 30.0. The van der Waals surface area contributed by atoms with Crippen LogP contribution in [0.15, 0.2) is 53.7 Å². The molecule has 2 aromatic rings. The van der Waals surface area contributed by atoms with E-state index in [1.54, 1.807) is 30.6 Å². The summed E-state index contributed by atoms with van der Waals surface area (Å²) in [6.07, 6.45) is 7.06.